The van der Waals surface area contributed by atoms with Gasteiger partial charge in [-0.15, -0.1) is 0 Å². The molecule has 0 aliphatic carbocycles. The molecule has 0 saturated heterocycles. The van der Waals surface area contributed by atoms with Gasteiger partial charge in [0.2, 0.25) is 0 Å². The molecule has 0 bridgehead atoms. The highest BCUT2D eigenvalue weighted by Crippen LogP contribution is 2.44. The quantitative estimate of drug-likeness (QED) is 0.466. The summed E-state index contributed by atoms with van der Waals surface area (Å²) in [6.07, 6.45) is -3.11. The smallest absolute Gasteiger partial charge is 0.365 e. The molecular weight excluding hydrogens is 441 g/mol. The normalized spacial score (nSPS) is 15.8. The van der Waals surface area contributed by atoms with Gasteiger partial charge in [0.15, 0.2) is 0 Å². The molecule has 0 saturated carbocycles. The second kappa shape index (κ2) is 9.11. The van der Waals surface area contributed by atoms with E-state index in [1.54, 1.807) is 26.0 Å². The molecule has 0 radical (unpaired) electrons. The maximum absolute atomic E-state index is 12.6. The van der Waals surface area contributed by atoms with Gasteiger partial charge in [-0.05, 0) is 44.0 Å². The highest BCUT2D eigenvalue weighted by molar-refractivity contribution is 8.15. The molecule has 0 fully saturated rings. The van der Waals surface area contributed by atoms with E-state index in [4.69, 9.17) is 10.8 Å². The molecule has 3 rings (SSSR count). The number of aromatic nitrogens is 2. The van der Waals surface area contributed by atoms with E-state index >= 15 is 0 Å². The highest BCUT2D eigenvalue weighted by atomic mass is 32.2. The molecule has 1 aliphatic heterocycles. The van der Waals surface area contributed by atoms with E-state index in [-0.39, 0.29) is 5.56 Å². The number of anilines is 1. The summed E-state index contributed by atoms with van der Waals surface area (Å²) in [6, 6.07) is 4.27. The number of hydrogen-bond acceptors (Lipinski definition) is 7. The number of rotatable bonds is 6. The van der Waals surface area contributed by atoms with E-state index in [0.29, 0.717) is 44.9 Å². The SMILES string of the molecule is CC(=N)/C(C)=C1\C(=N)Sc2c(NCc3ccc(C(=O)N[C@H](C)C(F)(F)F)cc3)ncnc21. The fourth-order valence-corrected chi connectivity index (χ4v) is 3.92. The van der Waals surface area contributed by atoms with Gasteiger partial charge in [0.1, 0.15) is 23.2 Å². The monoisotopic (exact) mass is 462 g/mol. The van der Waals surface area contributed by atoms with Crippen LogP contribution in [-0.4, -0.2) is 38.8 Å². The molecule has 32 heavy (non-hydrogen) atoms. The van der Waals surface area contributed by atoms with Crippen LogP contribution in [0.3, 0.4) is 0 Å². The van der Waals surface area contributed by atoms with Crippen molar-refractivity contribution in [1.82, 2.24) is 15.3 Å². The first-order valence-electron chi connectivity index (χ1n) is 9.58. The van der Waals surface area contributed by atoms with Crippen LogP contribution in [0.25, 0.3) is 5.57 Å². The number of nitrogens with zero attached hydrogens (tertiary/aromatic N) is 2. The zero-order valence-electron chi connectivity index (χ0n) is 17.5. The summed E-state index contributed by atoms with van der Waals surface area (Å²) >= 11 is 1.22. The minimum absolute atomic E-state index is 0.129. The predicted molar refractivity (Wildman–Crippen MR) is 118 cm³/mol. The van der Waals surface area contributed by atoms with Crippen LogP contribution in [0.1, 0.15) is 42.4 Å². The van der Waals surface area contributed by atoms with Crippen LogP contribution >= 0.6 is 11.8 Å². The van der Waals surface area contributed by atoms with Crippen molar-refractivity contribution < 1.29 is 18.0 Å². The lowest BCUT2D eigenvalue weighted by molar-refractivity contribution is -0.149. The van der Waals surface area contributed by atoms with Crippen molar-refractivity contribution >= 4 is 39.8 Å². The van der Waals surface area contributed by atoms with Crippen molar-refractivity contribution in [2.24, 2.45) is 0 Å². The number of carbonyl (C=O) groups excluding carboxylic acids is 1. The van der Waals surface area contributed by atoms with Crippen molar-refractivity contribution in [3.8, 4) is 0 Å². The van der Waals surface area contributed by atoms with Crippen LogP contribution < -0.4 is 10.6 Å². The number of carbonyl (C=O) groups is 1. The molecular formula is C21H21F3N6OS. The number of thioether (sulfide) groups is 1. The summed E-state index contributed by atoms with van der Waals surface area (Å²) in [5.74, 6) is -0.259. The van der Waals surface area contributed by atoms with E-state index in [0.717, 1.165) is 12.5 Å². The van der Waals surface area contributed by atoms with Gasteiger partial charge in [-0.3, -0.25) is 10.2 Å². The van der Waals surface area contributed by atoms with Crippen molar-refractivity contribution in [3.63, 3.8) is 0 Å². The Kier molecular flexibility index (Phi) is 6.68. The minimum atomic E-state index is -4.50. The molecule has 11 heteroatoms. The van der Waals surface area contributed by atoms with E-state index in [2.05, 4.69) is 15.3 Å². The lowest BCUT2D eigenvalue weighted by Crippen LogP contribution is -2.43. The zero-order valence-corrected chi connectivity index (χ0v) is 18.3. The number of hydrogen-bond donors (Lipinski definition) is 4. The van der Waals surface area contributed by atoms with Crippen molar-refractivity contribution in [2.45, 2.75) is 44.4 Å². The summed E-state index contributed by atoms with van der Waals surface area (Å²) in [4.78, 5) is 21.2. The molecule has 1 amide bonds. The zero-order chi connectivity index (χ0) is 23.6. The Balaban J connectivity index is 1.72. The maximum atomic E-state index is 12.6. The lowest BCUT2D eigenvalue weighted by atomic mass is 10.0. The topological polar surface area (TPSA) is 115 Å². The molecule has 7 nitrogen and oxygen atoms in total. The summed E-state index contributed by atoms with van der Waals surface area (Å²) in [5, 5.41) is 21.5. The Labute approximate surface area is 186 Å². The van der Waals surface area contributed by atoms with Crippen LogP contribution in [-0.2, 0) is 6.54 Å². The van der Waals surface area contributed by atoms with Gasteiger partial charge in [0, 0.05) is 23.4 Å². The van der Waals surface area contributed by atoms with Crippen molar-refractivity contribution in [2.75, 3.05) is 5.32 Å². The van der Waals surface area contributed by atoms with Crippen LogP contribution in [0.5, 0.6) is 0 Å². The molecule has 1 aliphatic rings. The first kappa shape index (κ1) is 23.5. The van der Waals surface area contributed by atoms with Crippen molar-refractivity contribution in [1.29, 1.82) is 10.8 Å². The van der Waals surface area contributed by atoms with E-state index < -0.39 is 18.1 Å². The Bertz CT molecular complexity index is 1110. The number of allylic oxidation sites excluding steroid dienone is 1. The summed E-state index contributed by atoms with van der Waals surface area (Å²) in [6.45, 7) is 4.68. The van der Waals surface area contributed by atoms with Gasteiger partial charge in [-0.1, -0.05) is 23.9 Å². The second-order valence-electron chi connectivity index (χ2n) is 7.24. The van der Waals surface area contributed by atoms with E-state index in [9.17, 15) is 18.0 Å². The molecule has 2 heterocycles. The standard InChI is InChI=1S/C21H21F3N6OS/c1-10(11(2)25)15-16-17(32-18(15)26)19(29-9-28-16)27-8-13-4-6-14(7-5-13)20(31)30-12(3)21(22,23)24/h4-7,9,12,25-26H,8H2,1-3H3,(H,30,31)(H,27,28,29)/b15-10-,25-11?,26-18?/t12-/m1/s1. The first-order chi connectivity index (χ1) is 15.0. The maximum Gasteiger partial charge on any atom is 0.408 e. The summed E-state index contributed by atoms with van der Waals surface area (Å²) < 4.78 is 37.8. The lowest BCUT2D eigenvalue weighted by Gasteiger charge is -2.17. The molecule has 0 spiro atoms. The molecule has 4 N–H and O–H groups in total. The average Bonchev–Trinajstić information content (AvgIpc) is 3.07. The van der Waals surface area contributed by atoms with Crippen LogP contribution in [0, 0.1) is 10.8 Å². The third kappa shape index (κ3) is 4.98. The number of amides is 1. The van der Waals surface area contributed by atoms with Crippen molar-refractivity contribution in [3.05, 3.63) is 53.0 Å². The largest absolute Gasteiger partial charge is 0.408 e. The number of alkyl halides is 3. The summed E-state index contributed by atoms with van der Waals surface area (Å²) in [7, 11) is 0. The molecule has 1 aromatic heterocycles. The van der Waals surface area contributed by atoms with Gasteiger partial charge in [-0.25, -0.2) is 9.97 Å². The second-order valence-corrected chi connectivity index (χ2v) is 8.26. The Morgan fingerprint density at radius 1 is 1.19 bits per heavy atom. The molecule has 0 unspecified atom stereocenters. The van der Waals surface area contributed by atoms with E-state index in [1.807, 2.05) is 5.32 Å². The number of fused-ring (bicyclic) bond motifs is 1. The first-order valence-corrected chi connectivity index (χ1v) is 10.4. The van der Waals surface area contributed by atoms with Crippen LogP contribution in [0.4, 0.5) is 19.0 Å². The molecule has 168 valence electrons. The van der Waals surface area contributed by atoms with Gasteiger partial charge in [-0.2, -0.15) is 13.2 Å². The van der Waals surface area contributed by atoms with Gasteiger partial charge in [0.25, 0.3) is 5.91 Å². The van der Waals surface area contributed by atoms with Gasteiger partial charge in [0.05, 0.1) is 10.6 Å². The Morgan fingerprint density at radius 2 is 1.84 bits per heavy atom. The highest BCUT2D eigenvalue weighted by Gasteiger charge is 2.37. The number of nitrogens with one attached hydrogen (secondary N) is 4. The average molecular weight is 463 g/mol. The third-order valence-corrected chi connectivity index (χ3v) is 5.92. The summed E-state index contributed by atoms with van der Waals surface area (Å²) in [5.41, 5.74) is 3.18. The van der Waals surface area contributed by atoms with Gasteiger partial charge >= 0.3 is 6.18 Å². The van der Waals surface area contributed by atoms with E-state index in [1.165, 1.54) is 30.2 Å². The molecule has 1 aromatic carbocycles. The number of benzene rings is 1. The predicted octanol–water partition coefficient (Wildman–Crippen LogP) is 4.67. The fraction of sp³-hybridized carbons (Fsp3) is 0.286. The minimum Gasteiger partial charge on any atom is -0.365 e. The Hall–Kier alpha value is -3.21. The number of halogens is 3. The van der Waals surface area contributed by atoms with Crippen LogP contribution in [0.2, 0.25) is 0 Å². The third-order valence-electron chi connectivity index (χ3n) is 4.92. The van der Waals surface area contributed by atoms with Crippen LogP contribution in [0.15, 0.2) is 41.1 Å². The Morgan fingerprint density at radius 3 is 2.44 bits per heavy atom. The fourth-order valence-electron chi connectivity index (χ4n) is 2.89. The molecule has 1 atom stereocenters. The van der Waals surface area contributed by atoms with Gasteiger partial charge < -0.3 is 16.0 Å². The molecule has 2 aromatic rings.